The summed E-state index contributed by atoms with van der Waals surface area (Å²) in [7, 11) is 1.39. The van der Waals surface area contributed by atoms with E-state index in [4.69, 9.17) is 21.8 Å². The van der Waals surface area contributed by atoms with E-state index in [2.05, 4.69) is 4.85 Å². The van der Waals surface area contributed by atoms with Gasteiger partial charge in [0.25, 0.3) is 5.91 Å². The second-order valence-corrected chi connectivity index (χ2v) is 10.7. The molecule has 9 heteroatoms. The van der Waals surface area contributed by atoms with Gasteiger partial charge in [0.05, 0.1) is 31.3 Å². The lowest BCUT2D eigenvalue weighted by Gasteiger charge is -2.41. The zero-order valence-corrected chi connectivity index (χ0v) is 21.4. The number of carbonyl (C=O) groups excluding carboxylic acids is 1. The van der Waals surface area contributed by atoms with E-state index in [0.29, 0.717) is 46.1 Å². The van der Waals surface area contributed by atoms with Gasteiger partial charge in [-0.2, -0.15) is 0 Å². The number of rotatable bonds is 4. The molecule has 6 nitrogen and oxygen atoms in total. The number of likely N-dealkylation sites (tertiary alicyclic amines) is 1. The summed E-state index contributed by atoms with van der Waals surface area (Å²) in [5, 5.41) is 0. The van der Waals surface area contributed by atoms with Gasteiger partial charge in [-0.05, 0) is 61.2 Å². The van der Waals surface area contributed by atoms with Crippen molar-refractivity contribution in [2.24, 2.45) is 11.1 Å². The van der Waals surface area contributed by atoms with Crippen molar-refractivity contribution < 1.29 is 23.0 Å². The van der Waals surface area contributed by atoms with Gasteiger partial charge in [-0.1, -0.05) is 12.1 Å². The minimum absolute atomic E-state index is 0.00388. The van der Waals surface area contributed by atoms with Crippen LogP contribution < -0.4 is 10.5 Å². The van der Waals surface area contributed by atoms with E-state index in [9.17, 15) is 13.6 Å². The number of halogens is 2. The van der Waals surface area contributed by atoms with E-state index in [0.717, 1.165) is 12.8 Å². The summed E-state index contributed by atoms with van der Waals surface area (Å²) < 4.78 is 39.9. The van der Waals surface area contributed by atoms with Gasteiger partial charge in [-0.3, -0.25) is 4.79 Å². The minimum atomic E-state index is -0.649. The number of thiophene rings is 1. The molecule has 2 aromatic carbocycles. The Balaban J connectivity index is 1.49. The predicted molar refractivity (Wildman–Crippen MR) is 139 cm³/mol. The van der Waals surface area contributed by atoms with Crippen molar-refractivity contribution in [2.75, 3.05) is 26.8 Å². The molecular weight excluding hydrogens is 496 g/mol. The van der Waals surface area contributed by atoms with E-state index >= 15 is 0 Å². The fourth-order valence-corrected chi connectivity index (χ4v) is 6.43. The molecule has 2 aliphatic rings. The van der Waals surface area contributed by atoms with Crippen LogP contribution in [0.15, 0.2) is 42.5 Å². The Morgan fingerprint density at radius 2 is 1.86 bits per heavy atom. The molecule has 2 saturated heterocycles. The van der Waals surface area contributed by atoms with E-state index in [1.807, 2.05) is 11.8 Å². The number of amides is 1. The van der Waals surface area contributed by atoms with Crippen LogP contribution in [0, 0.1) is 23.6 Å². The second-order valence-electron chi connectivity index (χ2n) is 9.68. The van der Waals surface area contributed by atoms with Crippen molar-refractivity contribution in [2.45, 2.75) is 31.9 Å². The molecule has 192 valence electrons. The highest BCUT2D eigenvalue weighted by molar-refractivity contribution is 7.18. The van der Waals surface area contributed by atoms with Crippen LogP contribution in [-0.4, -0.2) is 49.8 Å². The Hall–Kier alpha value is -3.32. The molecular formula is C28H27F2N3O3S. The fraction of sp³-hybridized carbons (Fsp3) is 0.357. The van der Waals surface area contributed by atoms with Crippen LogP contribution in [0.4, 0.5) is 14.5 Å². The largest absolute Gasteiger partial charge is 0.494 e. The second kappa shape index (κ2) is 9.86. The van der Waals surface area contributed by atoms with Crippen LogP contribution >= 0.6 is 11.3 Å². The smallest absolute Gasteiger partial charge is 0.263 e. The van der Waals surface area contributed by atoms with Gasteiger partial charge < -0.3 is 20.1 Å². The number of hydrogen-bond donors (Lipinski definition) is 1. The van der Waals surface area contributed by atoms with Crippen molar-refractivity contribution in [3.63, 3.8) is 0 Å². The molecule has 2 atom stereocenters. The summed E-state index contributed by atoms with van der Waals surface area (Å²) in [5.74, 6) is -1.20. The first-order valence-electron chi connectivity index (χ1n) is 12.1. The van der Waals surface area contributed by atoms with Crippen molar-refractivity contribution in [3.05, 3.63) is 70.4 Å². The topological polar surface area (TPSA) is 69.2 Å². The van der Waals surface area contributed by atoms with Gasteiger partial charge in [0.1, 0.15) is 5.82 Å². The number of methoxy groups -OCH3 is 1. The molecule has 2 aliphatic heterocycles. The van der Waals surface area contributed by atoms with Crippen LogP contribution in [-0.2, 0) is 4.74 Å². The summed E-state index contributed by atoms with van der Waals surface area (Å²) >= 11 is 1.24. The van der Waals surface area contributed by atoms with E-state index in [-0.39, 0.29) is 34.9 Å². The Morgan fingerprint density at radius 1 is 1.16 bits per heavy atom. The maximum Gasteiger partial charge on any atom is 0.263 e. The van der Waals surface area contributed by atoms with Crippen LogP contribution in [0.3, 0.4) is 0 Å². The van der Waals surface area contributed by atoms with Crippen molar-refractivity contribution >= 4 is 22.9 Å². The van der Waals surface area contributed by atoms with Gasteiger partial charge in [0, 0.05) is 35.0 Å². The van der Waals surface area contributed by atoms with Crippen LogP contribution in [0.5, 0.6) is 5.75 Å². The van der Waals surface area contributed by atoms with Gasteiger partial charge >= 0.3 is 0 Å². The zero-order valence-electron chi connectivity index (χ0n) is 20.6. The van der Waals surface area contributed by atoms with Crippen molar-refractivity contribution in [1.82, 2.24) is 4.90 Å². The maximum absolute atomic E-state index is 14.6. The Morgan fingerprint density at radius 3 is 2.46 bits per heavy atom. The Labute approximate surface area is 218 Å². The Kier molecular flexibility index (Phi) is 6.75. The van der Waals surface area contributed by atoms with E-state index in [1.54, 1.807) is 18.2 Å². The molecule has 1 spiro atoms. The average molecular weight is 524 g/mol. The number of hydrogen-bond acceptors (Lipinski definition) is 5. The third kappa shape index (κ3) is 4.50. The first kappa shape index (κ1) is 25.3. The van der Waals surface area contributed by atoms with Crippen molar-refractivity contribution in [1.29, 1.82) is 0 Å². The lowest BCUT2D eigenvalue weighted by molar-refractivity contribution is 0.0497. The number of ether oxygens (including phenoxy) is 2. The first-order chi connectivity index (χ1) is 17.8. The van der Waals surface area contributed by atoms with Gasteiger partial charge in [0.15, 0.2) is 11.6 Å². The summed E-state index contributed by atoms with van der Waals surface area (Å²) in [6.07, 6.45) is 1.54. The van der Waals surface area contributed by atoms with Crippen LogP contribution in [0.25, 0.3) is 26.4 Å². The van der Waals surface area contributed by atoms with Crippen molar-refractivity contribution in [3.8, 4) is 27.3 Å². The number of benzene rings is 2. The molecule has 3 heterocycles. The SMILES string of the molecule is [C-]#[N+]c1ccc(-c2cc(C(=O)N3CCC4(CC3)CO[C@@H](C)[C@H]4N)sc2-c2ccc(OC)c(F)c2)cc1F. The first-order valence-corrected chi connectivity index (χ1v) is 12.9. The molecule has 3 aromatic rings. The normalized spacial score (nSPS) is 20.7. The lowest BCUT2D eigenvalue weighted by atomic mass is 9.73. The third-order valence-electron chi connectivity index (χ3n) is 7.63. The van der Waals surface area contributed by atoms with Crippen LogP contribution in [0.2, 0.25) is 0 Å². The fourth-order valence-electron chi connectivity index (χ4n) is 5.28. The molecule has 0 bridgehead atoms. The molecule has 1 amide bonds. The third-order valence-corrected chi connectivity index (χ3v) is 8.80. The van der Waals surface area contributed by atoms with Gasteiger partial charge in [-0.15, -0.1) is 11.3 Å². The molecule has 5 rings (SSSR count). The lowest BCUT2D eigenvalue weighted by Crippen LogP contribution is -2.51. The molecule has 0 aliphatic carbocycles. The maximum atomic E-state index is 14.6. The highest BCUT2D eigenvalue weighted by Gasteiger charge is 2.48. The highest BCUT2D eigenvalue weighted by atomic mass is 32.1. The predicted octanol–water partition coefficient (Wildman–Crippen LogP) is 5.89. The highest BCUT2D eigenvalue weighted by Crippen LogP contribution is 2.44. The zero-order chi connectivity index (χ0) is 26.3. The average Bonchev–Trinajstić information content (AvgIpc) is 3.47. The summed E-state index contributed by atoms with van der Waals surface area (Å²) in [4.78, 5) is 19.7. The standard InChI is InChI=1S/C28H27F2N3O3S/c1-16-26(31)28(15-36-16)8-10-33(11-9-28)27(34)24-14-19(17-4-6-22(32-2)20(29)12-17)25(37-24)18-5-7-23(35-3)21(30)13-18/h4-7,12-14,16,26H,8-11,15,31H2,1,3H3/t16-,26+/m0/s1. The van der Waals surface area contributed by atoms with E-state index in [1.165, 1.54) is 42.7 Å². The number of nitrogens with two attached hydrogens (primary N) is 1. The number of carbonyl (C=O) groups is 1. The molecule has 2 fully saturated rings. The quantitative estimate of drug-likeness (QED) is 0.433. The number of nitrogens with zero attached hydrogens (tertiary/aromatic N) is 2. The molecule has 2 N–H and O–H groups in total. The monoisotopic (exact) mass is 523 g/mol. The summed E-state index contributed by atoms with van der Waals surface area (Å²) in [6.45, 7) is 10.9. The van der Waals surface area contributed by atoms with E-state index < -0.39 is 11.6 Å². The molecule has 0 saturated carbocycles. The van der Waals surface area contributed by atoms with Crippen LogP contribution in [0.1, 0.15) is 29.4 Å². The molecule has 0 unspecified atom stereocenters. The molecule has 0 radical (unpaired) electrons. The summed E-state index contributed by atoms with van der Waals surface area (Å²) in [5.41, 5.74) is 7.89. The Bertz CT molecular complexity index is 1390. The summed E-state index contributed by atoms with van der Waals surface area (Å²) in [6, 6.07) is 10.6. The number of piperidine rings is 1. The minimum Gasteiger partial charge on any atom is -0.494 e. The van der Waals surface area contributed by atoms with Gasteiger partial charge in [0.2, 0.25) is 5.69 Å². The van der Waals surface area contributed by atoms with Gasteiger partial charge in [-0.25, -0.2) is 13.6 Å². The molecule has 1 aromatic heterocycles. The molecule has 37 heavy (non-hydrogen) atoms.